The van der Waals surface area contributed by atoms with Gasteiger partial charge in [-0.15, -0.1) is 0 Å². The van der Waals surface area contributed by atoms with Gasteiger partial charge in [-0.25, -0.2) is 9.59 Å². The number of rotatable bonds is 14. The third-order valence-corrected chi connectivity index (χ3v) is 7.75. The molecule has 0 aliphatic rings. The summed E-state index contributed by atoms with van der Waals surface area (Å²) in [6.07, 6.45) is 9.05. The molecule has 10 nitrogen and oxygen atoms in total. The molecule has 0 saturated carbocycles. The van der Waals surface area contributed by atoms with Crippen LogP contribution in [0.15, 0.2) is 45.9 Å². The number of carbonyl (C=O) groups is 2. The van der Waals surface area contributed by atoms with Crippen molar-refractivity contribution in [3.05, 3.63) is 42.3 Å². The third kappa shape index (κ3) is 16.2. The number of amidine groups is 1. The number of hydrogen-bond acceptors (Lipinski definition) is 8. The molecule has 0 bridgehead atoms. The van der Waals surface area contributed by atoms with Gasteiger partial charge in [0.05, 0.1) is 6.61 Å². The molecular formula is C40H62N4O6. The number of amides is 2. The molecule has 1 N–H and O–H groups in total. The first-order valence-electron chi connectivity index (χ1n) is 18.4. The van der Waals surface area contributed by atoms with Gasteiger partial charge in [-0.2, -0.15) is 9.98 Å². The summed E-state index contributed by atoms with van der Waals surface area (Å²) in [5.41, 5.74) is -0.260. The predicted molar refractivity (Wildman–Crippen MR) is 202 cm³/mol. The summed E-state index contributed by atoms with van der Waals surface area (Å²) in [7, 11) is 0. The lowest BCUT2D eigenvalue weighted by Crippen LogP contribution is -2.39. The smallest absolute Gasteiger partial charge is 0.435 e. The Morgan fingerprint density at radius 1 is 0.840 bits per heavy atom. The van der Waals surface area contributed by atoms with E-state index in [-0.39, 0.29) is 11.8 Å². The van der Waals surface area contributed by atoms with Gasteiger partial charge in [0.1, 0.15) is 22.8 Å². The molecule has 0 spiro atoms. The van der Waals surface area contributed by atoms with Gasteiger partial charge in [0.25, 0.3) is 0 Å². The minimum absolute atomic E-state index is 0.0926. The van der Waals surface area contributed by atoms with E-state index >= 15 is 0 Å². The molecule has 1 unspecified atom stereocenters. The first-order chi connectivity index (χ1) is 23.5. The topological polar surface area (TPSA) is 125 Å². The first-order valence-corrected chi connectivity index (χ1v) is 18.4. The normalized spacial score (nSPS) is 13.2. The monoisotopic (exact) mass is 694 g/mol. The summed E-state index contributed by atoms with van der Waals surface area (Å²) in [6.45, 7) is 21.7. The van der Waals surface area contributed by atoms with Crippen LogP contribution in [-0.4, -0.2) is 46.0 Å². The summed E-state index contributed by atoms with van der Waals surface area (Å²) in [5.74, 6) is 2.80. The van der Waals surface area contributed by atoms with Crippen LogP contribution in [0.25, 0.3) is 22.2 Å². The number of alkyl carbamates (subject to hydrolysis) is 1. The molecule has 0 aliphatic heterocycles. The van der Waals surface area contributed by atoms with Crippen molar-refractivity contribution >= 4 is 28.8 Å². The highest BCUT2D eigenvalue weighted by atomic mass is 16.6. The third-order valence-electron chi connectivity index (χ3n) is 7.75. The molecule has 50 heavy (non-hydrogen) atoms. The highest BCUT2D eigenvalue weighted by molar-refractivity contribution is 6.01. The van der Waals surface area contributed by atoms with Gasteiger partial charge >= 0.3 is 12.2 Å². The zero-order chi connectivity index (χ0) is 37.3. The molecule has 2 atom stereocenters. The molecule has 10 heteroatoms. The molecule has 2 aromatic carbocycles. The van der Waals surface area contributed by atoms with E-state index < -0.39 is 23.4 Å². The van der Waals surface area contributed by atoms with Crippen molar-refractivity contribution in [1.29, 1.82) is 0 Å². The quantitative estimate of drug-likeness (QED) is 0.100. The first kappa shape index (κ1) is 42.2. The molecule has 0 fully saturated rings. The summed E-state index contributed by atoms with van der Waals surface area (Å²) in [5, 5.41) is 9.05. The maximum absolute atomic E-state index is 11.8. The Balaban J connectivity index is 0.000000368. The SMILES string of the molecule is CCCCCCCOc1ccc2cc(-c3noc(C(C)CCCC)n3)ccc2c1.CC[C@@H](C)/C(=N\C(=O)OC(C)(C)C)NC(=O)OC(C)(C)C. The molecule has 0 saturated heterocycles. The van der Waals surface area contributed by atoms with E-state index in [2.05, 4.69) is 71.6 Å². The number of fused-ring (bicyclic) bond motifs is 1. The Hall–Kier alpha value is -3.95. The van der Waals surface area contributed by atoms with E-state index in [0.717, 1.165) is 53.8 Å². The highest BCUT2D eigenvalue weighted by Gasteiger charge is 2.22. The number of aromatic nitrogens is 2. The molecule has 0 radical (unpaired) electrons. The Bertz CT molecular complexity index is 1500. The van der Waals surface area contributed by atoms with Gasteiger partial charge < -0.3 is 18.7 Å². The fourth-order valence-electron chi connectivity index (χ4n) is 4.78. The number of carbonyl (C=O) groups excluding carboxylic acids is 2. The standard InChI is InChI=1S/C25H34N2O2.C15H28N2O4/c1-4-6-8-9-10-16-28-23-15-14-20-17-22(13-12-21(20)18-23)24-26-25(29-27-24)19(3)11-7-5-2;1-9-10(2)11(16-12(18)20-14(3,4)5)17-13(19)21-15(6,7)8/h12-15,17-19H,4-11,16H2,1-3H3;10H,9H2,1-8H3,(H,16,17,18,19)/t;10-/m.1/s1. The molecule has 1 heterocycles. The van der Waals surface area contributed by atoms with E-state index in [0.29, 0.717) is 11.7 Å². The van der Waals surface area contributed by atoms with Crippen molar-refractivity contribution in [3.63, 3.8) is 0 Å². The van der Waals surface area contributed by atoms with Crippen molar-refractivity contribution in [2.45, 2.75) is 151 Å². The maximum atomic E-state index is 11.8. The van der Waals surface area contributed by atoms with Gasteiger partial charge in [-0.05, 0) is 89.8 Å². The second-order valence-electron chi connectivity index (χ2n) is 14.9. The highest BCUT2D eigenvalue weighted by Crippen LogP contribution is 2.28. The Morgan fingerprint density at radius 2 is 1.48 bits per heavy atom. The van der Waals surface area contributed by atoms with Gasteiger partial charge in [0.2, 0.25) is 11.7 Å². The van der Waals surface area contributed by atoms with Crippen LogP contribution in [0.4, 0.5) is 9.59 Å². The van der Waals surface area contributed by atoms with Crippen molar-refractivity contribution in [2.75, 3.05) is 6.61 Å². The van der Waals surface area contributed by atoms with E-state index in [4.69, 9.17) is 18.7 Å². The minimum atomic E-state index is -0.728. The van der Waals surface area contributed by atoms with Crippen LogP contribution in [0, 0.1) is 5.92 Å². The zero-order valence-corrected chi connectivity index (χ0v) is 32.5. The second kappa shape index (κ2) is 20.7. The average Bonchev–Trinajstić information content (AvgIpc) is 3.53. The Kier molecular flexibility index (Phi) is 17.4. The van der Waals surface area contributed by atoms with Crippen molar-refractivity contribution in [1.82, 2.24) is 15.5 Å². The number of unbranched alkanes of at least 4 members (excludes halogenated alkanes) is 5. The van der Waals surface area contributed by atoms with Crippen molar-refractivity contribution < 1.29 is 28.3 Å². The maximum Gasteiger partial charge on any atom is 0.435 e. The van der Waals surface area contributed by atoms with Gasteiger partial charge in [0, 0.05) is 17.4 Å². The number of hydrogen-bond donors (Lipinski definition) is 1. The minimum Gasteiger partial charge on any atom is -0.494 e. The van der Waals surface area contributed by atoms with E-state index in [1.807, 2.05) is 19.9 Å². The Labute approximate surface area is 300 Å². The van der Waals surface area contributed by atoms with Crippen LogP contribution in [-0.2, 0) is 9.47 Å². The molecule has 3 aromatic rings. The fraction of sp³-hybridized carbons (Fsp3) is 0.625. The lowest BCUT2D eigenvalue weighted by atomic mass is 10.0. The van der Waals surface area contributed by atoms with Crippen LogP contribution in [0.2, 0.25) is 0 Å². The van der Waals surface area contributed by atoms with Crippen molar-refractivity contribution in [3.8, 4) is 17.1 Å². The molecule has 3 rings (SSSR count). The number of aliphatic imine (C=N–C) groups is 1. The van der Waals surface area contributed by atoms with Crippen LogP contribution >= 0.6 is 0 Å². The predicted octanol–water partition coefficient (Wildman–Crippen LogP) is 11.4. The fourth-order valence-corrected chi connectivity index (χ4v) is 4.78. The van der Waals surface area contributed by atoms with E-state index in [1.165, 1.54) is 38.5 Å². The van der Waals surface area contributed by atoms with Crippen LogP contribution < -0.4 is 10.1 Å². The number of nitrogens with one attached hydrogen (secondary N) is 1. The average molecular weight is 695 g/mol. The molecule has 1 aromatic heterocycles. The molecule has 2 amide bonds. The van der Waals surface area contributed by atoms with Gasteiger partial charge in [0.15, 0.2) is 0 Å². The summed E-state index contributed by atoms with van der Waals surface area (Å²) < 4.78 is 21.7. The number of ether oxygens (including phenoxy) is 3. The largest absolute Gasteiger partial charge is 0.494 e. The summed E-state index contributed by atoms with van der Waals surface area (Å²) >= 11 is 0. The van der Waals surface area contributed by atoms with Gasteiger partial charge in [-0.1, -0.05) is 96.5 Å². The Morgan fingerprint density at radius 3 is 2.12 bits per heavy atom. The van der Waals surface area contributed by atoms with Crippen LogP contribution in [0.1, 0.15) is 146 Å². The lowest BCUT2D eigenvalue weighted by molar-refractivity contribution is 0.0559. The summed E-state index contributed by atoms with van der Waals surface area (Å²) in [4.78, 5) is 32.0. The van der Waals surface area contributed by atoms with Crippen LogP contribution in [0.5, 0.6) is 5.75 Å². The van der Waals surface area contributed by atoms with E-state index in [9.17, 15) is 9.59 Å². The van der Waals surface area contributed by atoms with Crippen LogP contribution in [0.3, 0.4) is 0 Å². The molecule has 278 valence electrons. The van der Waals surface area contributed by atoms with Gasteiger partial charge in [-0.3, -0.25) is 5.32 Å². The van der Waals surface area contributed by atoms with Crippen molar-refractivity contribution in [2.24, 2.45) is 10.9 Å². The zero-order valence-electron chi connectivity index (χ0n) is 32.5. The summed E-state index contributed by atoms with van der Waals surface area (Å²) in [6, 6.07) is 12.6. The number of nitrogens with zero attached hydrogens (tertiary/aromatic N) is 3. The molecular weight excluding hydrogens is 632 g/mol. The van der Waals surface area contributed by atoms with E-state index in [1.54, 1.807) is 41.5 Å². The second-order valence-corrected chi connectivity index (χ2v) is 14.9. The lowest BCUT2D eigenvalue weighted by Gasteiger charge is -2.22. The number of benzene rings is 2. The molecule has 0 aliphatic carbocycles.